The van der Waals surface area contributed by atoms with Gasteiger partial charge in [0.15, 0.2) is 11.9 Å². The lowest BCUT2D eigenvalue weighted by Crippen LogP contribution is -2.61. The molecule has 4 amide bonds. The molecular formula is C36H48N10O9. The van der Waals surface area contributed by atoms with E-state index in [0.29, 0.717) is 16.9 Å². The highest BCUT2D eigenvalue weighted by Crippen LogP contribution is 2.21. The van der Waals surface area contributed by atoms with Crippen LogP contribution in [0.5, 0.6) is 0 Å². The zero-order valence-electron chi connectivity index (χ0n) is 30.6. The summed E-state index contributed by atoms with van der Waals surface area (Å²) in [4.78, 5) is 80.4. The Morgan fingerprint density at radius 3 is 1.95 bits per heavy atom. The minimum atomic E-state index is -1.27. The van der Waals surface area contributed by atoms with Crippen molar-refractivity contribution < 1.29 is 43.0 Å². The maximum Gasteiger partial charge on any atom is 0.511 e. The van der Waals surface area contributed by atoms with Crippen molar-refractivity contribution in [3.8, 4) is 0 Å². The predicted octanol–water partition coefficient (Wildman–Crippen LogP) is 1.65. The summed E-state index contributed by atoms with van der Waals surface area (Å²) in [6.45, 7) is 0.638. The summed E-state index contributed by atoms with van der Waals surface area (Å²) >= 11 is 0. The molecule has 19 heteroatoms. The van der Waals surface area contributed by atoms with Crippen LogP contribution in [0.2, 0.25) is 0 Å². The Bertz CT molecular complexity index is 1720. The molecule has 1 aliphatic carbocycles. The molecule has 4 rings (SSSR count). The average Bonchev–Trinajstić information content (AvgIpc) is 3.13. The molecule has 0 aromatic heterocycles. The normalized spacial score (nSPS) is 16.2. The van der Waals surface area contributed by atoms with E-state index in [-0.39, 0.29) is 62.0 Å². The predicted molar refractivity (Wildman–Crippen MR) is 200 cm³/mol. The highest BCUT2D eigenvalue weighted by atomic mass is 16.8. The van der Waals surface area contributed by atoms with Crippen LogP contribution in [-0.4, -0.2) is 109 Å². The number of carbonyl (C=O) groups is 6. The van der Waals surface area contributed by atoms with Crippen LogP contribution < -0.4 is 32.7 Å². The molecule has 0 spiro atoms. The number of anilines is 2. The first-order valence-corrected chi connectivity index (χ1v) is 17.9. The van der Waals surface area contributed by atoms with Crippen molar-refractivity contribution in [2.45, 2.75) is 70.3 Å². The van der Waals surface area contributed by atoms with E-state index in [4.69, 9.17) is 36.5 Å². The number of esters is 1. The first kappa shape index (κ1) is 41.4. The van der Waals surface area contributed by atoms with Gasteiger partial charge >= 0.3 is 12.1 Å². The topological polar surface area (TPSA) is 284 Å². The van der Waals surface area contributed by atoms with Gasteiger partial charge in [0.25, 0.3) is 11.8 Å². The highest BCUT2D eigenvalue weighted by Gasteiger charge is 2.38. The smallest absolute Gasteiger partial charge is 0.431 e. The van der Waals surface area contributed by atoms with Crippen LogP contribution in [0.1, 0.15) is 72.6 Å². The number of amides is 4. The van der Waals surface area contributed by atoms with Crippen LogP contribution in [0.4, 0.5) is 16.2 Å². The van der Waals surface area contributed by atoms with Gasteiger partial charge in [0.1, 0.15) is 18.7 Å². The Kier molecular flexibility index (Phi) is 15.2. The van der Waals surface area contributed by atoms with Gasteiger partial charge < -0.3 is 56.7 Å². The molecule has 1 heterocycles. The summed E-state index contributed by atoms with van der Waals surface area (Å²) in [6, 6.07) is 11.3. The Balaban J connectivity index is 1.34. The molecule has 2 aliphatic rings. The van der Waals surface area contributed by atoms with E-state index in [9.17, 15) is 28.8 Å². The number of piperazine rings is 1. The van der Waals surface area contributed by atoms with Crippen LogP contribution in [0.25, 0.3) is 0 Å². The minimum Gasteiger partial charge on any atom is -0.431 e. The molecule has 1 aliphatic heterocycles. The van der Waals surface area contributed by atoms with E-state index in [2.05, 4.69) is 21.3 Å². The largest absolute Gasteiger partial charge is 0.511 e. The van der Waals surface area contributed by atoms with Crippen LogP contribution in [-0.2, 0) is 28.6 Å². The molecule has 2 aromatic carbocycles. The Labute approximate surface area is 317 Å². The van der Waals surface area contributed by atoms with Crippen molar-refractivity contribution in [1.29, 1.82) is 10.8 Å². The standard InChI is InChI=1S/C36H48N10O9/c1-22(54-36(52)55-27-6-3-2-4-7-27)53-30(48)21-45-18-19-46(29(47)20-42-32(50)24-11-15-26(16-12-24)44-35(39)40)28(33(45)51)8-5-17-41-31(49)23-9-13-25(14-10-23)43-34(37)38/h9-16,22,27-28H,2-8,17-21H2,1H3,(H,41,49)(H,42,50)(H4,37,38,43)(H4,39,40,44)/t22?,28-/m0/s1. The summed E-state index contributed by atoms with van der Waals surface area (Å²) in [6.07, 6.45) is 2.38. The zero-order valence-corrected chi connectivity index (χ0v) is 30.6. The third kappa shape index (κ3) is 13.2. The number of rotatable bonds is 15. The lowest BCUT2D eigenvalue weighted by Gasteiger charge is -2.40. The number of hydrogen-bond donors (Lipinski definition) is 8. The van der Waals surface area contributed by atoms with E-state index in [1.807, 2.05) is 0 Å². The van der Waals surface area contributed by atoms with Crippen LogP contribution in [0, 0.1) is 10.8 Å². The summed E-state index contributed by atoms with van der Waals surface area (Å²) in [5.41, 5.74) is 12.3. The first-order valence-electron chi connectivity index (χ1n) is 17.9. The van der Waals surface area contributed by atoms with Crippen molar-refractivity contribution in [1.82, 2.24) is 20.4 Å². The Morgan fingerprint density at radius 1 is 0.818 bits per heavy atom. The molecule has 1 saturated heterocycles. The lowest BCUT2D eigenvalue weighted by molar-refractivity contribution is -0.173. The third-order valence-electron chi connectivity index (χ3n) is 8.79. The average molecular weight is 765 g/mol. The second-order valence-corrected chi connectivity index (χ2v) is 13.0. The van der Waals surface area contributed by atoms with Gasteiger partial charge in [0.2, 0.25) is 18.1 Å². The van der Waals surface area contributed by atoms with Gasteiger partial charge in [-0.3, -0.25) is 34.8 Å². The molecule has 10 N–H and O–H groups in total. The van der Waals surface area contributed by atoms with Gasteiger partial charge in [-0.2, -0.15) is 0 Å². The molecule has 2 atom stereocenters. The van der Waals surface area contributed by atoms with Gasteiger partial charge in [0.05, 0.1) is 6.54 Å². The summed E-state index contributed by atoms with van der Waals surface area (Å²) in [5.74, 6) is -3.35. The van der Waals surface area contributed by atoms with Gasteiger partial charge in [-0.05, 0) is 87.1 Å². The zero-order chi connectivity index (χ0) is 39.9. The monoisotopic (exact) mass is 764 g/mol. The van der Waals surface area contributed by atoms with Crippen molar-refractivity contribution in [3.63, 3.8) is 0 Å². The molecule has 0 bridgehead atoms. The Hall–Kier alpha value is -6.40. The molecule has 1 saturated carbocycles. The fourth-order valence-electron chi connectivity index (χ4n) is 6.14. The SMILES string of the molecule is CC(OC(=O)CN1CCN(C(=O)CNC(=O)c2ccc(NC(=N)N)cc2)[C@@H](CCCNC(=O)c2ccc(NC(=N)N)cc2)C1=O)OC(=O)OC1CCCCC1. The van der Waals surface area contributed by atoms with Gasteiger partial charge in [0, 0.05) is 49.1 Å². The summed E-state index contributed by atoms with van der Waals surface area (Å²) in [5, 5.41) is 25.2. The van der Waals surface area contributed by atoms with E-state index in [0.717, 1.165) is 32.1 Å². The molecule has 296 valence electrons. The van der Waals surface area contributed by atoms with E-state index < -0.39 is 55.3 Å². The van der Waals surface area contributed by atoms with Crippen LogP contribution >= 0.6 is 0 Å². The third-order valence-corrected chi connectivity index (χ3v) is 8.79. The fourth-order valence-corrected chi connectivity index (χ4v) is 6.14. The van der Waals surface area contributed by atoms with Gasteiger partial charge in [-0.25, -0.2) is 4.79 Å². The number of ether oxygens (including phenoxy) is 3. The van der Waals surface area contributed by atoms with Crippen LogP contribution in [0.15, 0.2) is 48.5 Å². The number of nitrogens with two attached hydrogens (primary N) is 2. The molecule has 0 radical (unpaired) electrons. The van der Waals surface area contributed by atoms with E-state index in [1.165, 1.54) is 28.9 Å². The quantitative estimate of drug-likeness (QED) is 0.0422. The fraction of sp³-hybridized carbons (Fsp3) is 0.444. The second kappa shape index (κ2) is 20.2. The van der Waals surface area contributed by atoms with Gasteiger partial charge in [-0.1, -0.05) is 6.42 Å². The maximum atomic E-state index is 13.8. The maximum absolute atomic E-state index is 13.8. The summed E-state index contributed by atoms with van der Waals surface area (Å²) < 4.78 is 15.6. The van der Waals surface area contributed by atoms with E-state index in [1.54, 1.807) is 36.4 Å². The molecular weight excluding hydrogens is 716 g/mol. The molecule has 55 heavy (non-hydrogen) atoms. The minimum absolute atomic E-state index is 0.0150. The number of guanidine groups is 2. The number of nitrogens with zero attached hydrogens (tertiary/aromatic N) is 2. The molecule has 1 unspecified atom stereocenters. The number of benzene rings is 2. The van der Waals surface area contributed by atoms with Crippen LogP contribution in [0.3, 0.4) is 0 Å². The number of hydrogen-bond acceptors (Lipinski definition) is 11. The van der Waals surface area contributed by atoms with Crippen molar-refractivity contribution in [3.05, 3.63) is 59.7 Å². The van der Waals surface area contributed by atoms with Crippen molar-refractivity contribution in [2.24, 2.45) is 11.5 Å². The second-order valence-electron chi connectivity index (χ2n) is 13.0. The Morgan fingerprint density at radius 2 is 1.38 bits per heavy atom. The summed E-state index contributed by atoms with van der Waals surface area (Å²) in [7, 11) is 0. The van der Waals surface area contributed by atoms with Crippen molar-refractivity contribution >= 4 is 59.0 Å². The van der Waals surface area contributed by atoms with Crippen molar-refractivity contribution in [2.75, 3.05) is 43.4 Å². The lowest BCUT2D eigenvalue weighted by atomic mass is 9.98. The first-order chi connectivity index (χ1) is 26.3. The van der Waals surface area contributed by atoms with Gasteiger partial charge in [-0.15, -0.1) is 0 Å². The van der Waals surface area contributed by atoms with E-state index >= 15 is 0 Å². The number of carbonyl (C=O) groups excluding carboxylic acids is 6. The highest BCUT2D eigenvalue weighted by molar-refractivity contribution is 5.98. The molecule has 2 fully saturated rings. The molecule has 19 nitrogen and oxygen atoms in total. The number of nitrogens with one attached hydrogen (secondary N) is 6. The molecule has 2 aromatic rings.